The number of unbranched alkanes of at least 4 members (excludes halogenated alkanes) is 3. The van der Waals surface area contributed by atoms with E-state index in [0.717, 1.165) is 32.2 Å². The van der Waals surface area contributed by atoms with E-state index in [0.29, 0.717) is 6.54 Å². The topological polar surface area (TPSA) is 176 Å². The van der Waals surface area contributed by atoms with Gasteiger partial charge in [0.25, 0.3) is 0 Å². The van der Waals surface area contributed by atoms with E-state index in [4.69, 9.17) is 32.4 Å². The van der Waals surface area contributed by atoms with Gasteiger partial charge in [0, 0.05) is 13.1 Å². The number of aliphatic carboxylic acids is 1. The van der Waals surface area contributed by atoms with Crippen LogP contribution in [0.4, 0.5) is 13.2 Å². The molecule has 0 aromatic heterocycles. The van der Waals surface area contributed by atoms with Crippen molar-refractivity contribution in [2.45, 2.75) is 31.9 Å². The number of aliphatic imine (C=N–C) groups is 2. The van der Waals surface area contributed by atoms with Gasteiger partial charge in [-0.2, -0.15) is 18.4 Å². The number of alkyl halides is 3. The predicted molar refractivity (Wildman–Crippen MR) is 78.1 cm³/mol. The molecule has 0 fully saturated rings. The average Bonchev–Trinajstić information content (AvgIpc) is 2.41. The maximum Gasteiger partial charge on any atom is 0.490 e. The van der Waals surface area contributed by atoms with Gasteiger partial charge in [0.2, 0.25) is 12.2 Å². The van der Waals surface area contributed by atoms with E-state index >= 15 is 0 Å². The van der Waals surface area contributed by atoms with Crippen molar-refractivity contribution >= 4 is 17.9 Å². The number of nitrogens with two attached hydrogens (primary N) is 3. The summed E-state index contributed by atoms with van der Waals surface area (Å²) in [6.07, 6.45) is 0.599. The van der Waals surface area contributed by atoms with Gasteiger partial charge in [-0.25, -0.2) is 4.79 Å². The highest BCUT2D eigenvalue weighted by molar-refractivity contribution is 5.78. The zero-order valence-electron chi connectivity index (χ0n) is 12.3. The van der Waals surface area contributed by atoms with Gasteiger partial charge in [-0.1, -0.05) is 12.8 Å². The van der Waals surface area contributed by atoms with E-state index in [2.05, 4.69) is 15.3 Å². The van der Waals surface area contributed by atoms with Crippen molar-refractivity contribution in [3.63, 3.8) is 0 Å². The van der Waals surface area contributed by atoms with Crippen molar-refractivity contribution < 1.29 is 23.1 Å². The number of halogens is 3. The van der Waals surface area contributed by atoms with E-state index in [9.17, 15) is 13.2 Å². The smallest absolute Gasteiger partial charge is 0.475 e. The molecule has 0 aromatic carbocycles. The first-order valence-electron chi connectivity index (χ1n) is 6.42. The van der Waals surface area contributed by atoms with Crippen LogP contribution in [0.15, 0.2) is 9.98 Å². The zero-order chi connectivity index (χ0) is 18.3. The summed E-state index contributed by atoms with van der Waals surface area (Å²) < 4.78 is 31.7. The van der Waals surface area contributed by atoms with Crippen molar-refractivity contribution in [2.24, 2.45) is 27.2 Å². The lowest BCUT2D eigenvalue weighted by Crippen LogP contribution is -2.31. The van der Waals surface area contributed by atoms with Gasteiger partial charge in [-0.05, 0) is 12.8 Å². The summed E-state index contributed by atoms with van der Waals surface area (Å²) in [5, 5.41) is 18.1. The first-order valence-corrected chi connectivity index (χ1v) is 6.42. The summed E-state index contributed by atoms with van der Waals surface area (Å²) in [6, 6.07) is 0. The van der Waals surface area contributed by atoms with Crippen LogP contribution < -0.4 is 22.5 Å². The Balaban J connectivity index is 0. The van der Waals surface area contributed by atoms with Crippen LogP contribution in [0, 0.1) is 11.5 Å². The molecule has 0 saturated carbocycles. The molecule has 0 saturated heterocycles. The molecular weight excluding hydrogens is 319 g/mol. The first kappa shape index (κ1) is 22.6. The van der Waals surface area contributed by atoms with Crippen LogP contribution in [0.5, 0.6) is 0 Å². The Labute approximate surface area is 131 Å². The normalized spacial score (nSPS) is 10.8. The molecule has 0 aliphatic heterocycles. The second kappa shape index (κ2) is 13.0. The van der Waals surface area contributed by atoms with Gasteiger partial charge >= 0.3 is 12.1 Å². The van der Waals surface area contributed by atoms with Crippen LogP contribution in [-0.4, -0.2) is 42.3 Å². The molecule has 12 heteroatoms. The van der Waals surface area contributed by atoms with Crippen LogP contribution in [0.2, 0.25) is 0 Å². The molecule has 132 valence electrons. The molecule has 0 unspecified atom stereocenters. The third-order valence-electron chi connectivity index (χ3n) is 2.10. The van der Waals surface area contributed by atoms with Gasteiger partial charge in [-0.15, -0.1) is 4.99 Å². The highest BCUT2D eigenvalue weighted by atomic mass is 19.4. The number of nitrogens with one attached hydrogen (secondary N) is 1. The van der Waals surface area contributed by atoms with Crippen molar-refractivity contribution in [2.75, 3.05) is 13.1 Å². The summed E-state index contributed by atoms with van der Waals surface area (Å²) in [4.78, 5) is 16.1. The Morgan fingerprint density at radius 1 is 1.17 bits per heavy atom. The molecule has 0 radical (unpaired) electrons. The van der Waals surface area contributed by atoms with E-state index in [1.165, 1.54) is 0 Å². The number of guanidine groups is 2. The fourth-order valence-corrected chi connectivity index (χ4v) is 1.11. The van der Waals surface area contributed by atoms with Gasteiger partial charge in [0.1, 0.15) is 0 Å². The average molecular weight is 339 g/mol. The Morgan fingerprint density at radius 3 is 2.13 bits per heavy atom. The number of hydrogen-bond donors (Lipinski definition) is 5. The fraction of sp³-hybridized carbons (Fsp3) is 0.636. The second-order valence-electron chi connectivity index (χ2n) is 4.05. The second-order valence-corrected chi connectivity index (χ2v) is 4.05. The SMILES string of the molecule is N#CN=C(N)NCCCCCCN=C(N)N.O=C(O)C(F)(F)F. The minimum Gasteiger partial charge on any atom is -0.475 e. The van der Waals surface area contributed by atoms with E-state index < -0.39 is 12.1 Å². The van der Waals surface area contributed by atoms with Crippen molar-refractivity contribution in [3.8, 4) is 6.19 Å². The van der Waals surface area contributed by atoms with Crippen molar-refractivity contribution in [1.82, 2.24) is 5.32 Å². The largest absolute Gasteiger partial charge is 0.490 e. The van der Waals surface area contributed by atoms with E-state index in [1.807, 2.05) is 0 Å². The molecule has 0 spiro atoms. The minimum absolute atomic E-state index is 0.141. The fourth-order valence-electron chi connectivity index (χ4n) is 1.11. The third-order valence-corrected chi connectivity index (χ3v) is 2.10. The standard InChI is InChI=1S/C9H19N7.C2HF3O2/c10-7-16-9(13)15-6-4-2-1-3-5-14-8(11)12;3-2(4,5)1(6)7/h1-6H2,(H4,11,12,14)(H3,13,15,16);(H,6,7). The summed E-state index contributed by atoms with van der Waals surface area (Å²) in [7, 11) is 0. The summed E-state index contributed by atoms with van der Waals surface area (Å²) in [6.45, 7) is 1.40. The number of carbonyl (C=O) groups is 1. The molecule has 0 rings (SSSR count). The molecule has 0 aliphatic carbocycles. The monoisotopic (exact) mass is 339 g/mol. The van der Waals surface area contributed by atoms with E-state index in [1.54, 1.807) is 6.19 Å². The molecule has 0 amide bonds. The molecule has 9 nitrogen and oxygen atoms in total. The number of nitriles is 1. The predicted octanol–water partition coefficient (Wildman–Crippen LogP) is -0.161. The minimum atomic E-state index is -5.08. The van der Waals surface area contributed by atoms with Gasteiger partial charge in [0.15, 0.2) is 5.96 Å². The van der Waals surface area contributed by atoms with Crippen LogP contribution in [0.25, 0.3) is 0 Å². The zero-order valence-corrected chi connectivity index (χ0v) is 12.3. The Kier molecular flexibility index (Phi) is 12.7. The van der Waals surface area contributed by atoms with Gasteiger partial charge in [-0.3, -0.25) is 4.99 Å². The first-order chi connectivity index (χ1) is 10.6. The highest BCUT2D eigenvalue weighted by Crippen LogP contribution is 2.13. The maximum atomic E-state index is 10.6. The highest BCUT2D eigenvalue weighted by Gasteiger charge is 2.38. The van der Waals surface area contributed by atoms with Crippen molar-refractivity contribution in [1.29, 1.82) is 5.26 Å². The van der Waals surface area contributed by atoms with E-state index in [-0.39, 0.29) is 11.9 Å². The summed E-state index contributed by atoms with van der Waals surface area (Å²) in [5.41, 5.74) is 15.7. The van der Waals surface area contributed by atoms with Crippen LogP contribution in [-0.2, 0) is 4.79 Å². The molecule has 8 N–H and O–H groups in total. The number of carboxylic acids is 1. The number of carboxylic acid groups (broad SMARTS) is 1. The molecule has 0 heterocycles. The molecule has 0 atom stereocenters. The molecule has 0 aliphatic rings. The molecule has 23 heavy (non-hydrogen) atoms. The Hall–Kier alpha value is -2.71. The van der Waals surface area contributed by atoms with Crippen molar-refractivity contribution in [3.05, 3.63) is 0 Å². The summed E-state index contributed by atoms with van der Waals surface area (Å²) in [5.74, 6) is -2.45. The Morgan fingerprint density at radius 2 is 1.70 bits per heavy atom. The number of hydrogen-bond acceptors (Lipinski definition) is 4. The van der Waals surface area contributed by atoms with Crippen LogP contribution in [0.3, 0.4) is 0 Å². The Bertz CT molecular complexity index is 440. The number of nitrogens with zero attached hydrogens (tertiary/aromatic N) is 3. The van der Waals surface area contributed by atoms with Crippen LogP contribution in [0.1, 0.15) is 25.7 Å². The molecule has 0 aromatic rings. The molecular formula is C11H20F3N7O2. The quantitative estimate of drug-likeness (QED) is 0.185. The maximum absolute atomic E-state index is 10.6. The lowest BCUT2D eigenvalue weighted by Gasteiger charge is -2.03. The summed E-state index contributed by atoms with van der Waals surface area (Å²) >= 11 is 0. The lowest BCUT2D eigenvalue weighted by molar-refractivity contribution is -0.192. The van der Waals surface area contributed by atoms with Crippen LogP contribution >= 0.6 is 0 Å². The van der Waals surface area contributed by atoms with Gasteiger partial charge in [0.05, 0.1) is 0 Å². The number of rotatable bonds is 7. The third kappa shape index (κ3) is 19.3. The lowest BCUT2D eigenvalue weighted by atomic mass is 10.2. The molecule has 0 bridgehead atoms. The van der Waals surface area contributed by atoms with Gasteiger partial charge < -0.3 is 27.6 Å².